The number of hydrogen-bond acceptors (Lipinski definition) is 3. The predicted octanol–water partition coefficient (Wildman–Crippen LogP) is 8.21. The van der Waals surface area contributed by atoms with E-state index >= 15 is 0 Å². The third-order valence-electron chi connectivity index (χ3n) is 5.60. The number of carbonyl (C=O) groups excluding carboxylic acids is 1. The minimum Gasteiger partial charge on any atom is -0.478 e. The zero-order valence-corrected chi connectivity index (χ0v) is 20.3. The van der Waals surface area contributed by atoms with E-state index < -0.39 is 95.6 Å². The SMILES string of the molecule is O=C(O)c1ccccc1C(=O)OCCC(F)(F)C(F)(F)C(F)(F)C(F)(F)C(F)(F)C(F)(F)C(F)(F)C(F)(F)C(F)(F)C(F)(F)F. The molecule has 0 unspecified atom stereocenters. The number of aromatic carboxylic acids is 1. The van der Waals surface area contributed by atoms with E-state index in [1.54, 1.807) is 0 Å². The lowest BCUT2D eigenvalue weighted by molar-refractivity contribution is -0.474. The van der Waals surface area contributed by atoms with Crippen molar-refractivity contribution >= 4 is 11.9 Å². The molecule has 0 aliphatic rings. The van der Waals surface area contributed by atoms with E-state index in [9.17, 15) is 102 Å². The maximum absolute atomic E-state index is 13.9. The van der Waals surface area contributed by atoms with Gasteiger partial charge in [0.1, 0.15) is 0 Å². The van der Waals surface area contributed by atoms with Gasteiger partial charge in [-0.3, -0.25) is 0 Å². The van der Waals surface area contributed by atoms with Crippen LogP contribution >= 0.6 is 0 Å². The standard InChI is InChI=1S/C20H9F21O4/c21-11(22,5-6-45-10(44)8-4-2-1-3-7(8)9(42)43)12(23,24)13(25,26)14(27,28)15(29,30)16(31,32)17(33,34)18(35,36)19(37,38)20(39,40)41/h1-4H,5-6H2,(H,42,43). The molecular formula is C20H9F21O4. The van der Waals surface area contributed by atoms with E-state index in [0.29, 0.717) is 12.1 Å². The molecule has 1 aromatic rings. The van der Waals surface area contributed by atoms with Gasteiger partial charge in [-0.2, -0.15) is 92.2 Å². The van der Waals surface area contributed by atoms with Crippen LogP contribution in [-0.2, 0) is 4.74 Å². The summed E-state index contributed by atoms with van der Waals surface area (Å²) in [6.45, 7) is -2.33. The smallest absolute Gasteiger partial charge is 0.460 e. The van der Waals surface area contributed by atoms with Gasteiger partial charge in [-0.15, -0.1) is 0 Å². The molecule has 0 aliphatic heterocycles. The third kappa shape index (κ3) is 5.67. The van der Waals surface area contributed by atoms with Crippen LogP contribution in [0.3, 0.4) is 0 Å². The molecule has 0 saturated heterocycles. The molecule has 25 heteroatoms. The number of rotatable bonds is 13. The first-order valence-corrected chi connectivity index (χ1v) is 10.5. The van der Waals surface area contributed by atoms with Crippen molar-refractivity contribution in [1.82, 2.24) is 0 Å². The van der Waals surface area contributed by atoms with Crippen molar-refractivity contribution in [3.63, 3.8) is 0 Å². The molecule has 0 bridgehead atoms. The average molecular weight is 712 g/mol. The lowest BCUT2D eigenvalue weighted by Gasteiger charge is -2.44. The van der Waals surface area contributed by atoms with Crippen LogP contribution in [0.5, 0.6) is 0 Å². The summed E-state index contributed by atoms with van der Waals surface area (Å²) < 4.78 is 285. The molecule has 4 nitrogen and oxygen atoms in total. The van der Waals surface area contributed by atoms with Gasteiger partial charge < -0.3 is 9.84 Å². The first-order valence-electron chi connectivity index (χ1n) is 10.5. The van der Waals surface area contributed by atoms with Gasteiger partial charge in [-0.25, -0.2) is 9.59 Å². The molecule has 0 radical (unpaired) electrons. The highest BCUT2D eigenvalue weighted by Crippen LogP contribution is 2.66. The Balaban J connectivity index is 3.50. The lowest BCUT2D eigenvalue weighted by atomic mass is 9.86. The molecule has 45 heavy (non-hydrogen) atoms. The Kier molecular flexibility index (Phi) is 9.87. The number of carboxylic acid groups (broad SMARTS) is 1. The fourth-order valence-corrected chi connectivity index (χ4v) is 2.94. The van der Waals surface area contributed by atoms with Crippen LogP contribution in [0.1, 0.15) is 27.1 Å². The molecule has 0 spiro atoms. The summed E-state index contributed by atoms with van der Waals surface area (Å²) in [6.07, 6.45) is -11.2. The van der Waals surface area contributed by atoms with Gasteiger partial charge in [-0.05, 0) is 12.1 Å². The molecule has 1 aromatic carbocycles. The fraction of sp³-hybridized carbons (Fsp3) is 0.600. The molecule has 1 rings (SSSR count). The monoisotopic (exact) mass is 712 g/mol. The number of ether oxygens (including phenoxy) is 1. The largest absolute Gasteiger partial charge is 0.478 e. The van der Waals surface area contributed by atoms with Crippen molar-refractivity contribution in [3.8, 4) is 0 Å². The minimum absolute atomic E-state index is 0.583. The van der Waals surface area contributed by atoms with Crippen molar-refractivity contribution in [3.05, 3.63) is 35.4 Å². The van der Waals surface area contributed by atoms with Gasteiger partial charge in [0, 0.05) is 0 Å². The van der Waals surface area contributed by atoms with Gasteiger partial charge >= 0.3 is 71.4 Å². The molecule has 0 aromatic heterocycles. The van der Waals surface area contributed by atoms with E-state index in [1.807, 2.05) is 0 Å². The number of hydrogen-bond donors (Lipinski definition) is 1. The van der Waals surface area contributed by atoms with E-state index in [2.05, 4.69) is 4.74 Å². The summed E-state index contributed by atoms with van der Waals surface area (Å²) in [4.78, 5) is 22.8. The molecule has 0 amide bonds. The second-order valence-corrected chi connectivity index (χ2v) is 8.53. The zero-order valence-electron chi connectivity index (χ0n) is 20.3. The number of carboxylic acids is 1. The summed E-state index contributed by atoms with van der Waals surface area (Å²) in [5.41, 5.74) is -2.02. The molecule has 1 N–H and O–H groups in total. The number of benzene rings is 1. The predicted molar refractivity (Wildman–Crippen MR) is 98.9 cm³/mol. The van der Waals surface area contributed by atoms with Crippen LogP contribution in [0.25, 0.3) is 0 Å². The number of esters is 1. The lowest BCUT2D eigenvalue weighted by Crippen LogP contribution is -2.76. The van der Waals surface area contributed by atoms with Gasteiger partial charge in [0.25, 0.3) is 0 Å². The average Bonchev–Trinajstić information content (AvgIpc) is 2.86. The summed E-state index contributed by atoms with van der Waals surface area (Å²) in [5, 5.41) is 8.86. The summed E-state index contributed by atoms with van der Waals surface area (Å²) in [6, 6.07) is 3.08. The van der Waals surface area contributed by atoms with Gasteiger partial charge in [0.2, 0.25) is 0 Å². The van der Waals surface area contributed by atoms with E-state index in [0.717, 1.165) is 12.1 Å². The van der Waals surface area contributed by atoms with Crippen LogP contribution in [0.15, 0.2) is 24.3 Å². The first-order chi connectivity index (χ1) is 19.6. The Bertz CT molecular complexity index is 1270. The van der Waals surface area contributed by atoms with E-state index in [4.69, 9.17) is 5.11 Å². The number of carbonyl (C=O) groups is 2. The molecule has 0 heterocycles. The normalized spacial score (nSPS) is 15.2. The van der Waals surface area contributed by atoms with Gasteiger partial charge in [0.05, 0.1) is 24.2 Å². The van der Waals surface area contributed by atoms with Crippen LogP contribution < -0.4 is 0 Å². The molecule has 0 aliphatic carbocycles. The number of alkyl halides is 21. The Morgan fingerprint density at radius 1 is 0.511 bits per heavy atom. The quantitative estimate of drug-likeness (QED) is 0.166. The van der Waals surface area contributed by atoms with Crippen LogP contribution in [0.2, 0.25) is 0 Å². The van der Waals surface area contributed by atoms with Gasteiger partial charge in [-0.1, -0.05) is 12.1 Å². The molecule has 0 fully saturated rings. The topological polar surface area (TPSA) is 63.6 Å². The van der Waals surface area contributed by atoms with Crippen LogP contribution in [0.4, 0.5) is 92.2 Å². The Morgan fingerprint density at radius 3 is 1.16 bits per heavy atom. The summed E-state index contributed by atoms with van der Waals surface area (Å²) >= 11 is 0. The number of halogens is 21. The summed E-state index contributed by atoms with van der Waals surface area (Å²) in [7, 11) is 0. The Labute approximate surface area is 232 Å². The van der Waals surface area contributed by atoms with Crippen molar-refractivity contribution in [2.75, 3.05) is 6.61 Å². The van der Waals surface area contributed by atoms with Crippen molar-refractivity contribution in [2.45, 2.75) is 65.9 Å². The van der Waals surface area contributed by atoms with Crippen LogP contribution in [-0.4, -0.2) is 83.1 Å². The highest BCUT2D eigenvalue weighted by Gasteiger charge is 2.97. The maximum atomic E-state index is 13.9. The summed E-state index contributed by atoms with van der Waals surface area (Å²) in [5.74, 6) is -82.1. The zero-order chi connectivity index (χ0) is 36.3. The minimum atomic E-state index is -9.27. The van der Waals surface area contributed by atoms with E-state index in [1.165, 1.54) is 0 Å². The highest BCUT2D eigenvalue weighted by molar-refractivity contribution is 6.02. The second-order valence-electron chi connectivity index (χ2n) is 8.53. The van der Waals surface area contributed by atoms with Crippen molar-refractivity contribution in [2.24, 2.45) is 0 Å². The molecule has 0 saturated carbocycles. The second kappa shape index (κ2) is 11.2. The molecule has 260 valence electrons. The fourth-order valence-electron chi connectivity index (χ4n) is 2.94. The van der Waals surface area contributed by atoms with E-state index in [-0.39, 0.29) is 0 Å². The Hall–Kier alpha value is -3.31. The maximum Gasteiger partial charge on any atom is 0.460 e. The third-order valence-corrected chi connectivity index (χ3v) is 5.60. The Morgan fingerprint density at radius 2 is 0.822 bits per heavy atom. The molecule has 0 atom stereocenters. The van der Waals surface area contributed by atoms with Crippen molar-refractivity contribution in [1.29, 1.82) is 0 Å². The van der Waals surface area contributed by atoms with Crippen molar-refractivity contribution < 1.29 is 112 Å². The van der Waals surface area contributed by atoms with Crippen LogP contribution in [0, 0.1) is 0 Å². The van der Waals surface area contributed by atoms with Gasteiger partial charge in [0.15, 0.2) is 0 Å². The molecular weight excluding hydrogens is 703 g/mol. The first kappa shape index (κ1) is 39.7. The highest BCUT2D eigenvalue weighted by atomic mass is 19.4.